The number of nitrogens with two attached hydrogens (primary N) is 1. The molecule has 0 aliphatic carbocycles. The summed E-state index contributed by atoms with van der Waals surface area (Å²) in [6.07, 6.45) is 0. The maximum absolute atomic E-state index is 13.1. The first-order valence-electron chi connectivity index (χ1n) is 10.4. The lowest BCUT2D eigenvalue weighted by atomic mass is 9.78. The lowest BCUT2D eigenvalue weighted by molar-refractivity contribution is 0.0335. The molecule has 0 spiro atoms. The minimum atomic E-state index is -0.554. The van der Waals surface area contributed by atoms with Crippen molar-refractivity contribution in [2.75, 3.05) is 32.8 Å². The highest BCUT2D eigenvalue weighted by Crippen LogP contribution is 2.39. The molecular formula is C24H27N3O4. The highest BCUT2D eigenvalue weighted by molar-refractivity contribution is 5.88. The number of para-hydroxylation sites is 1. The number of hydrogen-bond acceptors (Lipinski definition) is 7. The Morgan fingerprint density at radius 3 is 2.52 bits per heavy atom. The van der Waals surface area contributed by atoms with E-state index >= 15 is 0 Å². The summed E-state index contributed by atoms with van der Waals surface area (Å²) in [7, 11) is 0. The van der Waals surface area contributed by atoms with Crippen molar-refractivity contribution >= 4 is 16.7 Å². The van der Waals surface area contributed by atoms with Gasteiger partial charge in [-0.2, -0.15) is 5.10 Å². The zero-order valence-electron chi connectivity index (χ0n) is 17.5. The van der Waals surface area contributed by atoms with Gasteiger partial charge in [-0.3, -0.25) is 4.90 Å². The number of hydrazone groups is 1. The number of ether oxygens (including phenoxy) is 1. The molecule has 0 unspecified atom stereocenters. The van der Waals surface area contributed by atoms with Crippen LogP contribution in [0.4, 0.5) is 0 Å². The average molecular weight is 421 g/mol. The van der Waals surface area contributed by atoms with E-state index in [-0.39, 0.29) is 17.2 Å². The van der Waals surface area contributed by atoms with Crippen LogP contribution in [0.3, 0.4) is 0 Å². The quantitative estimate of drug-likeness (QED) is 0.275. The van der Waals surface area contributed by atoms with E-state index in [1.165, 1.54) is 0 Å². The minimum absolute atomic E-state index is 0.0579. The van der Waals surface area contributed by atoms with Crippen LogP contribution in [0, 0.1) is 5.92 Å². The molecule has 7 heteroatoms. The Balaban J connectivity index is 1.90. The first kappa shape index (κ1) is 21.1. The summed E-state index contributed by atoms with van der Waals surface area (Å²) in [5.41, 5.74) is 1.62. The molecule has 162 valence electrons. The zero-order chi connectivity index (χ0) is 21.8. The molecule has 2 heterocycles. The first-order valence-corrected chi connectivity index (χ1v) is 10.4. The van der Waals surface area contributed by atoms with Crippen molar-refractivity contribution in [2.45, 2.75) is 12.8 Å². The third kappa shape index (κ3) is 4.33. The SMILES string of the molecule is C/C(=N\N)[C@H](CN1CCOCC1)[C@@H](c1ccccc1)c1c(O)c2ccccc2oc1=O. The average Bonchev–Trinajstić information content (AvgIpc) is 2.81. The van der Waals surface area contributed by atoms with E-state index in [2.05, 4.69) is 10.0 Å². The Morgan fingerprint density at radius 1 is 1.13 bits per heavy atom. The molecule has 1 aliphatic heterocycles. The second-order valence-electron chi connectivity index (χ2n) is 7.83. The summed E-state index contributed by atoms with van der Waals surface area (Å²) >= 11 is 0. The van der Waals surface area contributed by atoms with Crippen LogP contribution in [0.5, 0.6) is 5.75 Å². The smallest absolute Gasteiger partial charge is 0.343 e. The van der Waals surface area contributed by atoms with Crippen molar-refractivity contribution in [3.05, 3.63) is 76.1 Å². The molecule has 2 atom stereocenters. The molecule has 0 amide bonds. The Kier molecular flexibility index (Phi) is 6.34. The fourth-order valence-electron chi connectivity index (χ4n) is 4.32. The minimum Gasteiger partial charge on any atom is -0.507 e. The van der Waals surface area contributed by atoms with Gasteiger partial charge in [-0.15, -0.1) is 0 Å². The van der Waals surface area contributed by atoms with E-state index in [0.717, 1.165) is 18.7 Å². The van der Waals surface area contributed by atoms with Crippen molar-refractivity contribution in [1.29, 1.82) is 0 Å². The molecule has 0 bridgehead atoms. The third-order valence-electron chi connectivity index (χ3n) is 5.99. The first-order chi connectivity index (χ1) is 15.1. The molecule has 4 rings (SSSR count). The van der Waals surface area contributed by atoms with Crippen molar-refractivity contribution in [3.8, 4) is 5.75 Å². The van der Waals surface area contributed by atoms with Gasteiger partial charge in [0.15, 0.2) is 0 Å². The van der Waals surface area contributed by atoms with Crippen LogP contribution in [-0.4, -0.2) is 48.6 Å². The van der Waals surface area contributed by atoms with Crippen molar-refractivity contribution < 1.29 is 14.3 Å². The number of hydrogen-bond donors (Lipinski definition) is 2. The molecule has 0 saturated carbocycles. The van der Waals surface area contributed by atoms with E-state index in [4.69, 9.17) is 15.0 Å². The molecule has 0 radical (unpaired) electrons. The van der Waals surface area contributed by atoms with Gasteiger partial charge in [0.2, 0.25) is 0 Å². The largest absolute Gasteiger partial charge is 0.507 e. The number of aromatic hydroxyl groups is 1. The molecule has 7 nitrogen and oxygen atoms in total. The number of morpholine rings is 1. The van der Waals surface area contributed by atoms with Gasteiger partial charge in [-0.05, 0) is 24.6 Å². The lowest BCUT2D eigenvalue weighted by Crippen LogP contribution is -2.43. The van der Waals surface area contributed by atoms with E-state index < -0.39 is 11.5 Å². The normalized spacial score (nSPS) is 17.5. The second kappa shape index (κ2) is 9.32. The molecule has 1 aliphatic rings. The third-order valence-corrected chi connectivity index (χ3v) is 5.99. The standard InChI is InChI=1S/C24H27N3O4/c1-16(26-25)19(15-27-11-13-30-14-12-27)21(17-7-3-2-4-8-17)22-23(28)18-9-5-6-10-20(18)31-24(22)29/h2-10,19,21,28H,11-15,25H2,1H3/b26-16+/t19-,21+/m0/s1. The van der Waals surface area contributed by atoms with Gasteiger partial charge in [0.05, 0.1) is 24.2 Å². The van der Waals surface area contributed by atoms with Crippen LogP contribution in [0.15, 0.2) is 68.9 Å². The predicted octanol–water partition coefficient (Wildman–Crippen LogP) is 2.91. The fraction of sp³-hybridized carbons (Fsp3) is 0.333. The lowest BCUT2D eigenvalue weighted by Gasteiger charge is -2.34. The van der Waals surface area contributed by atoms with Gasteiger partial charge < -0.3 is 20.1 Å². The predicted molar refractivity (Wildman–Crippen MR) is 120 cm³/mol. The topological polar surface area (TPSA) is 101 Å². The van der Waals surface area contributed by atoms with Gasteiger partial charge in [0.25, 0.3) is 0 Å². The molecule has 1 fully saturated rings. The van der Waals surface area contributed by atoms with Crippen molar-refractivity contribution in [3.63, 3.8) is 0 Å². The van der Waals surface area contributed by atoms with Crippen LogP contribution < -0.4 is 11.5 Å². The summed E-state index contributed by atoms with van der Waals surface area (Å²) in [4.78, 5) is 15.4. The van der Waals surface area contributed by atoms with Crippen LogP contribution in [-0.2, 0) is 4.74 Å². The van der Waals surface area contributed by atoms with Crippen molar-refractivity contribution in [2.24, 2.45) is 16.9 Å². The van der Waals surface area contributed by atoms with Crippen LogP contribution in [0.25, 0.3) is 11.0 Å². The van der Waals surface area contributed by atoms with Crippen molar-refractivity contribution in [1.82, 2.24) is 4.90 Å². The van der Waals surface area contributed by atoms with E-state index in [9.17, 15) is 9.90 Å². The van der Waals surface area contributed by atoms with Gasteiger partial charge in [0, 0.05) is 37.2 Å². The fourth-order valence-corrected chi connectivity index (χ4v) is 4.32. The molecule has 31 heavy (non-hydrogen) atoms. The molecule has 3 aromatic rings. The Labute approximate surface area is 180 Å². The molecule has 3 N–H and O–H groups in total. The summed E-state index contributed by atoms with van der Waals surface area (Å²) in [6.45, 7) is 5.38. The number of nitrogens with zero attached hydrogens (tertiary/aromatic N) is 2. The zero-order valence-corrected chi connectivity index (χ0v) is 17.5. The maximum Gasteiger partial charge on any atom is 0.343 e. The van der Waals surface area contributed by atoms with Crippen LogP contribution in [0.1, 0.15) is 24.0 Å². The summed E-state index contributed by atoms with van der Waals surface area (Å²) in [5, 5.41) is 15.7. The molecule has 1 saturated heterocycles. The Hall–Kier alpha value is -3.16. The highest BCUT2D eigenvalue weighted by atomic mass is 16.5. The molecule has 1 aromatic heterocycles. The van der Waals surface area contributed by atoms with Gasteiger partial charge >= 0.3 is 5.63 Å². The Morgan fingerprint density at radius 2 is 1.81 bits per heavy atom. The second-order valence-corrected chi connectivity index (χ2v) is 7.83. The monoisotopic (exact) mass is 421 g/mol. The van der Waals surface area contributed by atoms with E-state index in [1.54, 1.807) is 24.3 Å². The molecular weight excluding hydrogens is 394 g/mol. The maximum atomic E-state index is 13.1. The number of rotatable bonds is 6. The summed E-state index contributed by atoms with van der Waals surface area (Å²) in [5.74, 6) is 4.95. The van der Waals surface area contributed by atoms with Gasteiger partial charge in [-0.25, -0.2) is 4.79 Å². The van der Waals surface area contributed by atoms with E-state index in [1.807, 2.05) is 37.3 Å². The van der Waals surface area contributed by atoms with Gasteiger partial charge in [0.1, 0.15) is 11.3 Å². The number of fused-ring (bicyclic) bond motifs is 1. The van der Waals surface area contributed by atoms with Gasteiger partial charge in [-0.1, -0.05) is 42.5 Å². The summed E-state index contributed by atoms with van der Waals surface area (Å²) in [6, 6.07) is 16.7. The van der Waals surface area contributed by atoms with Crippen LogP contribution in [0.2, 0.25) is 0 Å². The Bertz CT molecular complexity index is 1120. The van der Waals surface area contributed by atoms with Crippen LogP contribution >= 0.6 is 0 Å². The molecule has 2 aromatic carbocycles. The summed E-state index contributed by atoms with van der Waals surface area (Å²) < 4.78 is 11.1. The highest BCUT2D eigenvalue weighted by Gasteiger charge is 2.34. The number of benzene rings is 2. The van der Waals surface area contributed by atoms with E-state index in [0.29, 0.717) is 36.4 Å².